The minimum atomic E-state index is -3.77. The number of benzene rings is 2. The van der Waals surface area contributed by atoms with Crippen LogP contribution in [0.1, 0.15) is 21.5 Å². The Hall–Kier alpha value is -2.34. The number of nitrogens with two attached hydrogens (primary N) is 1. The zero-order valence-electron chi connectivity index (χ0n) is 11.8. The molecule has 0 aliphatic rings. The largest absolute Gasteiger partial charge is 0.366 e. The fourth-order valence-electron chi connectivity index (χ4n) is 1.92. The Bertz CT molecular complexity index is 781. The quantitative estimate of drug-likeness (QED) is 0.907. The molecule has 1 amide bonds. The minimum Gasteiger partial charge on any atom is -0.366 e. The number of nitrogens with one attached hydrogen (secondary N) is 1. The van der Waals surface area contributed by atoms with Gasteiger partial charge in [-0.25, -0.2) is 8.42 Å². The Kier molecular flexibility index (Phi) is 3.99. The number of primary amides is 1. The first-order chi connectivity index (χ1) is 9.81. The molecule has 0 heterocycles. The van der Waals surface area contributed by atoms with E-state index in [4.69, 9.17) is 5.73 Å². The number of aryl methyl sites for hydroxylation is 2. The Morgan fingerprint density at radius 3 is 2.24 bits per heavy atom. The second-order valence-corrected chi connectivity index (χ2v) is 6.46. The molecule has 0 saturated heterocycles. The van der Waals surface area contributed by atoms with Gasteiger partial charge in [-0.15, -0.1) is 0 Å². The minimum absolute atomic E-state index is 0.131. The molecular formula is C15H16N2O3S. The van der Waals surface area contributed by atoms with Gasteiger partial charge in [0, 0.05) is 0 Å². The van der Waals surface area contributed by atoms with E-state index in [-0.39, 0.29) is 16.1 Å². The Morgan fingerprint density at radius 2 is 1.67 bits per heavy atom. The Labute approximate surface area is 123 Å². The van der Waals surface area contributed by atoms with Gasteiger partial charge in [0.15, 0.2) is 0 Å². The lowest BCUT2D eigenvalue weighted by atomic mass is 10.1. The molecule has 2 aromatic rings. The molecule has 110 valence electrons. The summed E-state index contributed by atoms with van der Waals surface area (Å²) in [5.41, 5.74) is 7.23. The van der Waals surface area contributed by atoms with Crippen LogP contribution in [-0.2, 0) is 10.0 Å². The topological polar surface area (TPSA) is 89.3 Å². The van der Waals surface area contributed by atoms with Gasteiger partial charge in [-0.2, -0.15) is 0 Å². The number of sulfonamides is 1. The van der Waals surface area contributed by atoms with Gasteiger partial charge >= 0.3 is 0 Å². The molecule has 2 aromatic carbocycles. The van der Waals surface area contributed by atoms with Gasteiger partial charge in [0.25, 0.3) is 15.9 Å². The molecule has 0 fully saturated rings. The van der Waals surface area contributed by atoms with Crippen LogP contribution in [-0.4, -0.2) is 14.3 Å². The lowest BCUT2D eigenvalue weighted by molar-refractivity contribution is 0.100. The van der Waals surface area contributed by atoms with E-state index in [0.717, 1.165) is 5.56 Å². The maximum Gasteiger partial charge on any atom is 0.261 e. The third-order valence-corrected chi connectivity index (χ3v) is 4.47. The smallest absolute Gasteiger partial charge is 0.261 e. The average Bonchev–Trinajstić information content (AvgIpc) is 2.41. The van der Waals surface area contributed by atoms with Crippen LogP contribution in [0.3, 0.4) is 0 Å². The highest BCUT2D eigenvalue weighted by Gasteiger charge is 2.19. The summed E-state index contributed by atoms with van der Waals surface area (Å²) in [6.07, 6.45) is 0. The van der Waals surface area contributed by atoms with E-state index < -0.39 is 15.9 Å². The van der Waals surface area contributed by atoms with Gasteiger partial charge < -0.3 is 5.73 Å². The molecule has 0 unspecified atom stereocenters. The highest BCUT2D eigenvalue weighted by molar-refractivity contribution is 7.92. The Balaban J connectivity index is 2.46. The first-order valence-electron chi connectivity index (χ1n) is 6.30. The van der Waals surface area contributed by atoms with Crippen molar-refractivity contribution >= 4 is 21.6 Å². The molecule has 5 nitrogen and oxygen atoms in total. The van der Waals surface area contributed by atoms with Crippen molar-refractivity contribution in [2.75, 3.05) is 4.72 Å². The summed E-state index contributed by atoms with van der Waals surface area (Å²) in [4.78, 5) is 11.6. The molecule has 0 bridgehead atoms. The highest BCUT2D eigenvalue weighted by Crippen LogP contribution is 2.24. The molecule has 0 aliphatic carbocycles. The third-order valence-electron chi connectivity index (χ3n) is 3.11. The number of rotatable bonds is 4. The fourth-order valence-corrected chi connectivity index (χ4v) is 3.07. The fraction of sp³-hybridized carbons (Fsp3) is 0.133. The van der Waals surface area contributed by atoms with E-state index in [2.05, 4.69) is 4.72 Å². The van der Waals surface area contributed by atoms with Crippen LogP contribution in [0.4, 0.5) is 5.69 Å². The van der Waals surface area contributed by atoms with E-state index >= 15 is 0 Å². The highest BCUT2D eigenvalue weighted by atomic mass is 32.2. The number of para-hydroxylation sites is 1. The van der Waals surface area contributed by atoms with Crippen molar-refractivity contribution in [3.8, 4) is 0 Å². The summed E-state index contributed by atoms with van der Waals surface area (Å²) in [7, 11) is -3.77. The predicted octanol–water partition coefficient (Wildman–Crippen LogP) is 2.20. The summed E-state index contributed by atoms with van der Waals surface area (Å²) in [6.45, 7) is 3.58. The van der Waals surface area contributed by atoms with Crippen LogP contribution < -0.4 is 10.5 Å². The van der Waals surface area contributed by atoms with Crippen molar-refractivity contribution < 1.29 is 13.2 Å². The molecule has 0 aliphatic heterocycles. The van der Waals surface area contributed by atoms with Crippen molar-refractivity contribution in [1.82, 2.24) is 0 Å². The second-order valence-electron chi connectivity index (χ2n) is 4.78. The summed E-state index contributed by atoms with van der Waals surface area (Å²) in [5, 5.41) is 0. The monoisotopic (exact) mass is 304 g/mol. The van der Waals surface area contributed by atoms with Crippen molar-refractivity contribution in [3.05, 3.63) is 59.2 Å². The van der Waals surface area contributed by atoms with E-state index in [1.54, 1.807) is 31.2 Å². The van der Waals surface area contributed by atoms with Gasteiger partial charge in [-0.3, -0.25) is 9.52 Å². The van der Waals surface area contributed by atoms with Crippen LogP contribution in [0.2, 0.25) is 0 Å². The van der Waals surface area contributed by atoms with Gasteiger partial charge in [-0.1, -0.05) is 29.8 Å². The average molecular weight is 304 g/mol. The summed E-state index contributed by atoms with van der Waals surface area (Å²) in [5.74, 6) is -0.680. The molecule has 2 rings (SSSR count). The molecule has 6 heteroatoms. The maximum absolute atomic E-state index is 12.4. The molecule has 0 saturated carbocycles. The lowest BCUT2D eigenvalue weighted by Crippen LogP contribution is -2.19. The number of anilines is 1. The molecule has 0 atom stereocenters. The number of carbonyl (C=O) groups is 1. The molecular weight excluding hydrogens is 288 g/mol. The SMILES string of the molecule is Cc1ccc(S(=O)(=O)Nc2c(C)cccc2C(N)=O)cc1. The number of hydrogen-bond donors (Lipinski definition) is 2. The lowest BCUT2D eigenvalue weighted by Gasteiger charge is -2.13. The van der Waals surface area contributed by atoms with Crippen LogP contribution in [0.5, 0.6) is 0 Å². The standard InChI is InChI=1S/C15H16N2O3S/c1-10-6-8-12(9-7-10)21(19,20)17-14-11(2)4-3-5-13(14)15(16)18/h3-9,17H,1-2H3,(H2,16,18). The number of amides is 1. The summed E-state index contributed by atoms with van der Waals surface area (Å²) in [6, 6.07) is 11.3. The zero-order valence-corrected chi connectivity index (χ0v) is 12.6. The van der Waals surface area contributed by atoms with Gasteiger partial charge in [0.05, 0.1) is 16.1 Å². The van der Waals surface area contributed by atoms with E-state index in [1.165, 1.54) is 18.2 Å². The summed E-state index contributed by atoms with van der Waals surface area (Å²) >= 11 is 0. The van der Waals surface area contributed by atoms with Crippen LogP contribution in [0.15, 0.2) is 47.4 Å². The second kappa shape index (κ2) is 5.57. The zero-order chi connectivity index (χ0) is 15.6. The van der Waals surface area contributed by atoms with Gasteiger partial charge in [0.2, 0.25) is 0 Å². The molecule has 3 N–H and O–H groups in total. The van der Waals surface area contributed by atoms with Crippen molar-refractivity contribution in [2.45, 2.75) is 18.7 Å². The van der Waals surface area contributed by atoms with E-state index in [0.29, 0.717) is 5.56 Å². The normalized spacial score (nSPS) is 11.1. The molecule has 21 heavy (non-hydrogen) atoms. The van der Waals surface area contributed by atoms with Gasteiger partial charge in [0.1, 0.15) is 0 Å². The first kappa shape index (κ1) is 15.1. The molecule has 0 radical (unpaired) electrons. The predicted molar refractivity (Wildman–Crippen MR) is 81.7 cm³/mol. The van der Waals surface area contributed by atoms with E-state index in [9.17, 15) is 13.2 Å². The first-order valence-corrected chi connectivity index (χ1v) is 7.78. The third kappa shape index (κ3) is 3.22. The van der Waals surface area contributed by atoms with E-state index in [1.807, 2.05) is 6.92 Å². The molecule has 0 aromatic heterocycles. The van der Waals surface area contributed by atoms with Crippen molar-refractivity contribution in [1.29, 1.82) is 0 Å². The Morgan fingerprint density at radius 1 is 1.05 bits per heavy atom. The van der Waals surface area contributed by atoms with Crippen molar-refractivity contribution in [2.24, 2.45) is 5.73 Å². The van der Waals surface area contributed by atoms with Crippen molar-refractivity contribution in [3.63, 3.8) is 0 Å². The van der Waals surface area contributed by atoms with Crippen LogP contribution in [0.25, 0.3) is 0 Å². The van der Waals surface area contributed by atoms with Gasteiger partial charge in [-0.05, 0) is 37.6 Å². The summed E-state index contributed by atoms with van der Waals surface area (Å²) < 4.78 is 27.2. The maximum atomic E-state index is 12.4. The van der Waals surface area contributed by atoms with Crippen LogP contribution >= 0.6 is 0 Å². The van der Waals surface area contributed by atoms with Crippen LogP contribution in [0, 0.1) is 13.8 Å². The number of hydrogen-bond acceptors (Lipinski definition) is 3. The number of carbonyl (C=O) groups excluding carboxylic acids is 1. The molecule has 0 spiro atoms.